The number of fused-ring (bicyclic) bond motifs is 1. The molecule has 0 saturated carbocycles. The molecule has 0 aliphatic rings. The van der Waals surface area contributed by atoms with Gasteiger partial charge in [-0.1, -0.05) is 115 Å². The Hall–Kier alpha value is -5.48. The van der Waals surface area contributed by atoms with Crippen LogP contribution in [0.2, 0.25) is 0 Å². The zero-order chi connectivity index (χ0) is 26.7. The summed E-state index contributed by atoms with van der Waals surface area (Å²) >= 11 is 0. The standard InChI is InChI=1S/C36H24N4/c1-3-10-27(11-4-1)34-38-35(28-12-5-2-6-13-28)40-36(39-34)31-22-29-14-7-8-16-32(29)33(23-31)26-19-17-25(18-20-26)30-15-9-21-37-24-30/h1-24H. The van der Waals surface area contributed by atoms with E-state index in [1.807, 2.05) is 72.9 Å². The second-order valence-electron chi connectivity index (χ2n) is 9.60. The molecule has 0 N–H and O–H groups in total. The number of benzene rings is 5. The molecule has 40 heavy (non-hydrogen) atoms. The summed E-state index contributed by atoms with van der Waals surface area (Å²) in [4.78, 5) is 19.1. The molecule has 0 fully saturated rings. The van der Waals surface area contributed by atoms with Crippen molar-refractivity contribution in [3.05, 3.63) is 146 Å². The number of hydrogen-bond acceptors (Lipinski definition) is 4. The molecule has 4 nitrogen and oxygen atoms in total. The number of pyridine rings is 1. The minimum absolute atomic E-state index is 0.645. The summed E-state index contributed by atoms with van der Waals surface area (Å²) in [6.07, 6.45) is 3.68. The van der Waals surface area contributed by atoms with Crippen molar-refractivity contribution >= 4 is 10.8 Å². The molecule has 0 spiro atoms. The maximum absolute atomic E-state index is 4.97. The maximum atomic E-state index is 4.97. The van der Waals surface area contributed by atoms with Crippen LogP contribution in [0.4, 0.5) is 0 Å². The minimum Gasteiger partial charge on any atom is -0.264 e. The first-order chi connectivity index (χ1) is 19.8. The lowest BCUT2D eigenvalue weighted by molar-refractivity contribution is 1.07. The van der Waals surface area contributed by atoms with E-state index in [1.165, 1.54) is 5.39 Å². The van der Waals surface area contributed by atoms with Crippen molar-refractivity contribution in [1.29, 1.82) is 0 Å². The van der Waals surface area contributed by atoms with E-state index >= 15 is 0 Å². The molecule has 7 rings (SSSR count). The van der Waals surface area contributed by atoms with Crippen molar-refractivity contribution in [1.82, 2.24) is 19.9 Å². The van der Waals surface area contributed by atoms with E-state index < -0.39 is 0 Å². The van der Waals surface area contributed by atoms with Crippen molar-refractivity contribution < 1.29 is 0 Å². The molecular weight excluding hydrogens is 488 g/mol. The van der Waals surface area contributed by atoms with E-state index in [-0.39, 0.29) is 0 Å². The fourth-order valence-electron chi connectivity index (χ4n) is 4.99. The van der Waals surface area contributed by atoms with Gasteiger partial charge < -0.3 is 0 Å². The van der Waals surface area contributed by atoms with Gasteiger partial charge in [-0.25, -0.2) is 15.0 Å². The van der Waals surface area contributed by atoms with Gasteiger partial charge in [0.25, 0.3) is 0 Å². The fraction of sp³-hybridized carbons (Fsp3) is 0. The average molecular weight is 513 g/mol. The van der Waals surface area contributed by atoms with Crippen LogP contribution in [0.25, 0.3) is 67.2 Å². The first-order valence-electron chi connectivity index (χ1n) is 13.2. The quantitative estimate of drug-likeness (QED) is 0.231. The molecule has 188 valence electrons. The highest BCUT2D eigenvalue weighted by atomic mass is 15.0. The van der Waals surface area contributed by atoms with Crippen LogP contribution in [0.1, 0.15) is 0 Å². The number of nitrogens with zero attached hydrogens (tertiary/aromatic N) is 4. The van der Waals surface area contributed by atoms with Crippen molar-refractivity contribution in [2.45, 2.75) is 0 Å². The van der Waals surface area contributed by atoms with E-state index in [1.54, 1.807) is 6.20 Å². The van der Waals surface area contributed by atoms with Gasteiger partial charge in [-0.3, -0.25) is 4.98 Å². The van der Waals surface area contributed by atoms with Gasteiger partial charge in [0.15, 0.2) is 17.5 Å². The summed E-state index contributed by atoms with van der Waals surface area (Å²) in [6.45, 7) is 0. The zero-order valence-electron chi connectivity index (χ0n) is 21.6. The highest BCUT2D eigenvalue weighted by molar-refractivity contribution is 6.00. The zero-order valence-corrected chi connectivity index (χ0v) is 21.6. The number of aromatic nitrogens is 4. The van der Waals surface area contributed by atoms with Crippen LogP contribution in [0.5, 0.6) is 0 Å². The smallest absolute Gasteiger partial charge is 0.164 e. The van der Waals surface area contributed by atoms with Gasteiger partial charge >= 0.3 is 0 Å². The lowest BCUT2D eigenvalue weighted by Gasteiger charge is -2.13. The third-order valence-corrected chi connectivity index (χ3v) is 7.01. The van der Waals surface area contributed by atoms with Gasteiger partial charge in [-0.2, -0.15) is 0 Å². The summed E-state index contributed by atoms with van der Waals surface area (Å²) in [7, 11) is 0. The fourth-order valence-corrected chi connectivity index (χ4v) is 4.99. The molecule has 0 bridgehead atoms. The topological polar surface area (TPSA) is 51.6 Å². The van der Waals surface area contributed by atoms with Gasteiger partial charge in [-0.15, -0.1) is 0 Å². The Balaban J connectivity index is 1.40. The Morgan fingerprint density at radius 2 is 0.925 bits per heavy atom. The summed E-state index contributed by atoms with van der Waals surface area (Å²) in [5.41, 5.74) is 7.35. The Kier molecular flexibility index (Phi) is 6.11. The molecule has 2 heterocycles. The molecule has 0 unspecified atom stereocenters. The monoisotopic (exact) mass is 512 g/mol. The third-order valence-electron chi connectivity index (χ3n) is 7.01. The molecule has 0 atom stereocenters. The number of hydrogen-bond donors (Lipinski definition) is 0. The van der Waals surface area contributed by atoms with Crippen molar-refractivity contribution in [2.75, 3.05) is 0 Å². The van der Waals surface area contributed by atoms with Crippen LogP contribution in [0.3, 0.4) is 0 Å². The molecule has 0 aliphatic heterocycles. The molecule has 0 amide bonds. The van der Waals surface area contributed by atoms with Crippen LogP contribution in [0.15, 0.2) is 146 Å². The van der Waals surface area contributed by atoms with Crippen LogP contribution < -0.4 is 0 Å². The van der Waals surface area contributed by atoms with Gasteiger partial charge in [0.2, 0.25) is 0 Å². The van der Waals surface area contributed by atoms with Crippen LogP contribution in [0, 0.1) is 0 Å². The van der Waals surface area contributed by atoms with E-state index in [2.05, 4.69) is 71.7 Å². The predicted octanol–water partition coefficient (Wildman–Crippen LogP) is 8.75. The summed E-state index contributed by atoms with van der Waals surface area (Å²) in [6, 6.07) is 45.6. The number of rotatable bonds is 5. The summed E-state index contributed by atoms with van der Waals surface area (Å²) in [5.74, 6) is 1.95. The van der Waals surface area contributed by atoms with Gasteiger partial charge in [-0.05, 0) is 51.2 Å². The highest BCUT2D eigenvalue weighted by Gasteiger charge is 2.15. The molecule has 0 radical (unpaired) electrons. The van der Waals surface area contributed by atoms with Crippen molar-refractivity contribution in [2.24, 2.45) is 0 Å². The second kappa shape index (κ2) is 10.4. The Morgan fingerprint density at radius 3 is 1.55 bits per heavy atom. The summed E-state index contributed by atoms with van der Waals surface area (Å²) < 4.78 is 0. The van der Waals surface area contributed by atoms with E-state index in [4.69, 9.17) is 15.0 Å². The molecular formula is C36H24N4. The van der Waals surface area contributed by atoms with E-state index in [0.717, 1.165) is 44.3 Å². The lowest BCUT2D eigenvalue weighted by Crippen LogP contribution is -2.00. The summed E-state index contributed by atoms with van der Waals surface area (Å²) in [5, 5.41) is 2.32. The van der Waals surface area contributed by atoms with Crippen molar-refractivity contribution in [3.63, 3.8) is 0 Å². The Morgan fingerprint density at radius 1 is 0.375 bits per heavy atom. The van der Waals surface area contributed by atoms with Crippen molar-refractivity contribution in [3.8, 4) is 56.4 Å². The molecule has 4 heteroatoms. The average Bonchev–Trinajstić information content (AvgIpc) is 3.05. The van der Waals surface area contributed by atoms with Gasteiger partial charge in [0.05, 0.1) is 0 Å². The molecule has 0 aliphatic carbocycles. The predicted molar refractivity (Wildman–Crippen MR) is 162 cm³/mol. The molecule has 2 aromatic heterocycles. The van der Waals surface area contributed by atoms with Gasteiger partial charge in [0.1, 0.15) is 0 Å². The Labute approximate surface area is 232 Å². The second-order valence-corrected chi connectivity index (χ2v) is 9.60. The van der Waals surface area contributed by atoms with E-state index in [9.17, 15) is 0 Å². The lowest BCUT2D eigenvalue weighted by atomic mass is 9.94. The Bertz CT molecular complexity index is 1860. The SMILES string of the molecule is c1ccc(-c2nc(-c3ccccc3)nc(-c3cc(-c4ccc(-c5cccnc5)cc4)c4ccccc4c3)n2)cc1. The largest absolute Gasteiger partial charge is 0.264 e. The first-order valence-corrected chi connectivity index (χ1v) is 13.2. The van der Waals surface area contributed by atoms with Crippen LogP contribution in [-0.2, 0) is 0 Å². The third kappa shape index (κ3) is 4.63. The van der Waals surface area contributed by atoms with E-state index in [0.29, 0.717) is 17.5 Å². The highest BCUT2D eigenvalue weighted by Crippen LogP contribution is 2.35. The minimum atomic E-state index is 0.645. The molecule has 7 aromatic rings. The molecule has 0 saturated heterocycles. The first kappa shape index (κ1) is 23.6. The molecule has 5 aromatic carbocycles. The van der Waals surface area contributed by atoms with Crippen LogP contribution in [-0.4, -0.2) is 19.9 Å². The maximum Gasteiger partial charge on any atom is 0.164 e. The van der Waals surface area contributed by atoms with Gasteiger partial charge in [0, 0.05) is 29.1 Å². The van der Waals surface area contributed by atoms with Crippen LogP contribution >= 0.6 is 0 Å². The normalized spacial score (nSPS) is 11.0.